The van der Waals surface area contributed by atoms with E-state index in [2.05, 4.69) is 0 Å². The molecule has 0 saturated heterocycles. The predicted molar refractivity (Wildman–Crippen MR) is 110 cm³/mol. The molecule has 0 unspecified atom stereocenters. The van der Waals surface area contributed by atoms with Crippen LogP contribution < -0.4 is 4.74 Å². The van der Waals surface area contributed by atoms with Crippen LogP contribution in [0, 0.1) is 0 Å². The molecule has 2 aliphatic rings. The Hall–Kier alpha value is -1.12. The van der Waals surface area contributed by atoms with Crippen molar-refractivity contribution >= 4 is 19.9 Å². The Morgan fingerprint density at radius 2 is 1.39 bits per heavy atom. The lowest BCUT2D eigenvalue weighted by Crippen LogP contribution is -2.44. The van der Waals surface area contributed by atoms with Crippen molar-refractivity contribution in [2.75, 3.05) is 18.1 Å². The van der Waals surface area contributed by atoms with Gasteiger partial charge in [-0.1, -0.05) is 32.6 Å². The van der Waals surface area contributed by atoms with Crippen LogP contribution >= 0.6 is 0 Å². The minimum absolute atomic E-state index is 0.0410. The minimum Gasteiger partial charge on any atom is -0.493 e. The normalized spacial score (nSPS) is 19.5. The number of nitrogens with zero attached hydrogens (tertiary/aromatic N) is 1. The van der Waals surface area contributed by atoms with Crippen LogP contribution in [0.2, 0.25) is 0 Å². The van der Waals surface area contributed by atoms with Gasteiger partial charge in [-0.05, 0) is 49.9 Å². The van der Waals surface area contributed by atoms with Gasteiger partial charge < -0.3 is 4.74 Å². The molecule has 0 amide bonds. The first-order valence-electron chi connectivity index (χ1n) is 10.3. The van der Waals surface area contributed by atoms with Crippen molar-refractivity contribution in [3.8, 4) is 5.75 Å². The molecule has 0 aromatic heterocycles. The maximum absolute atomic E-state index is 13.4. The Morgan fingerprint density at radius 1 is 0.893 bits per heavy atom. The molecule has 6 nitrogen and oxygen atoms in total. The molecule has 1 aromatic rings. The lowest BCUT2D eigenvalue weighted by atomic mass is 10.2. The second kappa shape index (κ2) is 9.13. The average molecular weight is 430 g/mol. The van der Waals surface area contributed by atoms with Gasteiger partial charge in [0.15, 0.2) is 9.84 Å². The van der Waals surface area contributed by atoms with E-state index in [0.29, 0.717) is 10.6 Å². The Morgan fingerprint density at radius 3 is 1.86 bits per heavy atom. The van der Waals surface area contributed by atoms with Gasteiger partial charge in [0, 0.05) is 17.8 Å². The molecule has 0 heterocycles. The van der Waals surface area contributed by atoms with Crippen molar-refractivity contribution in [1.82, 2.24) is 4.31 Å². The molecule has 2 saturated carbocycles. The van der Waals surface area contributed by atoms with Crippen LogP contribution in [0.15, 0.2) is 29.2 Å². The van der Waals surface area contributed by atoms with E-state index in [-0.39, 0.29) is 30.2 Å². The molecular weight excluding hydrogens is 398 g/mol. The van der Waals surface area contributed by atoms with Gasteiger partial charge in [0.05, 0.1) is 10.6 Å². The fraction of sp³-hybridized carbons (Fsp3) is 0.700. The molecule has 0 aliphatic heterocycles. The minimum atomic E-state index is -3.55. The molecule has 8 heteroatoms. The zero-order valence-electron chi connectivity index (χ0n) is 16.5. The zero-order chi connectivity index (χ0) is 20.2. The summed E-state index contributed by atoms with van der Waals surface area (Å²) in [5.41, 5.74) is 0. The summed E-state index contributed by atoms with van der Waals surface area (Å²) in [6, 6.07) is 6.62. The number of rotatable bonds is 9. The molecule has 0 bridgehead atoms. The summed E-state index contributed by atoms with van der Waals surface area (Å²) in [6.45, 7) is 1.67. The second-order valence-corrected chi connectivity index (χ2v) is 12.1. The highest BCUT2D eigenvalue weighted by Crippen LogP contribution is 2.36. The molecule has 3 rings (SSSR count). The average Bonchev–Trinajstić information content (AvgIpc) is 3.37. The Balaban J connectivity index is 1.72. The van der Waals surface area contributed by atoms with Gasteiger partial charge in [0.2, 0.25) is 10.0 Å². The maximum atomic E-state index is 13.4. The van der Waals surface area contributed by atoms with Crippen molar-refractivity contribution in [1.29, 1.82) is 0 Å². The highest BCUT2D eigenvalue weighted by Gasteiger charge is 2.39. The van der Waals surface area contributed by atoms with Gasteiger partial charge in [-0.15, -0.1) is 0 Å². The molecule has 158 valence electrons. The summed E-state index contributed by atoms with van der Waals surface area (Å²) in [7, 11) is -6.63. The fourth-order valence-corrected chi connectivity index (χ4v) is 6.82. The van der Waals surface area contributed by atoms with Crippen LogP contribution in [0.25, 0.3) is 0 Å². The Kier molecular flexibility index (Phi) is 7.04. The van der Waals surface area contributed by atoms with Crippen molar-refractivity contribution in [3.63, 3.8) is 0 Å². The van der Waals surface area contributed by atoms with Gasteiger partial charge in [0.1, 0.15) is 12.4 Å². The second-order valence-electron chi connectivity index (χ2n) is 7.77. The summed E-state index contributed by atoms with van der Waals surface area (Å²) >= 11 is 0. The summed E-state index contributed by atoms with van der Waals surface area (Å²) in [5, 5.41) is 0. The van der Waals surface area contributed by atoms with Crippen LogP contribution in [-0.2, 0) is 19.9 Å². The van der Waals surface area contributed by atoms with E-state index in [1.165, 1.54) is 0 Å². The maximum Gasteiger partial charge on any atom is 0.243 e. The smallest absolute Gasteiger partial charge is 0.243 e. The Labute approximate surface area is 169 Å². The summed E-state index contributed by atoms with van der Waals surface area (Å²) in [6.07, 6.45) is 8.17. The van der Waals surface area contributed by atoms with Crippen molar-refractivity contribution < 1.29 is 21.6 Å². The number of sulfonamides is 1. The molecule has 2 fully saturated rings. The fourth-order valence-electron chi connectivity index (χ4n) is 4.27. The zero-order valence-corrected chi connectivity index (χ0v) is 18.2. The van der Waals surface area contributed by atoms with Crippen molar-refractivity contribution in [2.24, 2.45) is 0 Å². The number of sulfone groups is 1. The highest BCUT2D eigenvalue weighted by molar-refractivity contribution is 7.91. The molecular formula is C20H31NO5S2. The number of hydrogen-bond acceptors (Lipinski definition) is 5. The molecule has 2 aliphatic carbocycles. The standard InChI is InChI=1S/C20H31NO5S2/c1-2-27(22,23)16-15-26-19-11-13-20(14-12-19)28(24,25)21(17-7-3-4-8-17)18-9-5-6-10-18/h11-14,17-18H,2-10,15-16H2,1H3. The summed E-state index contributed by atoms with van der Waals surface area (Å²) < 4.78 is 57.2. The Bertz CT molecular complexity index is 821. The van der Waals surface area contributed by atoms with Gasteiger partial charge in [-0.3, -0.25) is 0 Å². The van der Waals surface area contributed by atoms with E-state index >= 15 is 0 Å². The first-order valence-corrected chi connectivity index (χ1v) is 13.6. The van der Waals surface area contributed by atoms with E-state index in [0.717, 1.165) is 51.4 Å². The quantitative estimate of drug-likeness (QED) is 0.601. The largest absolute Gasteiger partial charge is 0.493 e. The van der Waals surface area contributed by atoms with Gasteiger partial charge >= 0.3 is 0 Å². The monoisotopic (exact) mass is 429 g/mol. The van der Waals surface area contributed by atoms with Crippen LogP contribution in [0.4, 0.5) is 0 Å². The third-order valence-electron chi connectivity index (χ3n) is 5.87. The van der Waals surface area contributed by atoms with Crippen LogP contribution in [0.3, 0.4) is 0 Å². The third-order valence-corrected chi connectivity index (χ3v) is 9.56. The van der Waals surface area contributed by atoms with Crippen molar-refractivity contribution in [3.05, 3.63) is 24.3 Å². The number of hydrogen-bond donors (Lipinski definition) is 0. The first-order chi connectivity index (χ1) is 13.3. The third kappa shape index (κ3) is 5.07. The van der Waals surface area contributed by atoms with Crippen LogP contribution in [0.1, 0.15) is 58.3 Å². The summed E-state index contributed by atoms with van der Waals surface area (Å²) in [4.78, 5) is 0.292. The van der Waals surface area contributed by atoms with E-state index in [9.17, 15) is 16.8 Å². The summed E-state index contributed by atoms with van der Waals surface area (Å²) in [5.74, 6) is 0.533. The predicted octanol–water partition coefficient (Wildman–Crippen LogP) is 3.38. The number of ether oxygens (including phenoxy) is 1. The molecule has 0 spiro atoms. The van der Waals surface area contributed by atoms with Gasteiger partial charge in [0.25, 0.3) is 0 Å². The first kappa shape index (κ1) is 21.6. The van der Waals surface area contributed by atoms with Crippen molar-refractivity contribution in [2.45, 2.75) is 75.3 Å². The van der Waals surface area contributed by atoms with E-state index in [4.69, 9.17) is 4.74 Å². The van der Waals surface area contributed by atoms with Gasteiger partial charge in [-0.2, -0.15) is 4.31 Å². The van der Waals surface area contributed by atoms with Gasteiger partial charge in [-0.25, -0.2) is 16.8 Å². The van der Waals surface area contributed by atoms with E-state index in [1.807, 2.05) is 0 Å². The molecule has 1 aromatic carbocycles. The topological polar surface area (TPSA) is 80.8 Å². The SMILES string of the molecule is CCS(=O)(=O)CCOc1ccc(S(=O)(=O)N(C2CCCC2)C2CCCC2)cc1. The molecule has 0 radical (unpaired) electrons. The molecule has 0 N–H and O–H groups in total. The highest BCUT2D eigenvalue weighted by atomic mass is 32.2. The molecule has 0 atom stereocenters. The van der Waals surface area contributed by atoms with Crippen LogP contribution in [0.5, 0.6) is 5.75 Å². The molecule has 28 heavy (non-hydrogen) atoms. The lowest BCUT2D eigenvalue weighted by Gasteiger charge is -2.33. The van der Waals surface area contributed by atoms with E-state index < -0.39 is 19.9 Å². The van der Waals surface area contributed by atoms with E-state index in [1.54, 1.807) is 35.5 Å². The number of benzene rings is 1. The lowest BCUT2D eigenvalue weighted by molar-refractivity contribution is 0.251. The van der Waals surface area contributed by atoms with Crippen LogP contribution in [-0.4, -0.2) is 51.3 Å².